The number of amides is 2. The van der Waals surface area contributed by atoms with E-state index in [1.54, 1.807) is 4.90 Å². The molecule has 1 fully saturated rings. The molecule has 0 spiro atoms. The highest BCUT2D eigenvalue weighted by molar-refractivity contribution is 6.29. The highest BCUT2D eigenvalue weighted by atomic mass is 35.5. The molecule has 0 radical (unpaired) electrons. The van der Waals surface area contributed by atoms with Crippen molar-refractivity contribution in [2.24, 2.45) is 0 Å². The van der Waals surface area contributed by atoms with Gasteiger partial charge in [0.05, 0.1) is 6.20 Å². The summed E-state index contributed by atoms with van der Waals surface area (Å²) in [5.74, 6) is 0.00580. The monoisotopic (exact) mass is 437 g/mol. The van der Waals surface area contributed by atoms with Crippen LogP contribution < -0.4 is 5.32 Å². The smallest absolute Gasteiger partial charge is 0.355 e. The third kappa shape index (κ3) is 7.50. The maximum Gasteiger partial charge on any atom is 0.406 e. The van der Waals surface area contributed by atoms with Crippen molar-refractivity contribution in [2.45, 2.75) is 51.4 Å². The molecule has 0 aliphatic carbocycles. The summed E-state index contributed by atoms with van der Waals surface area (Å²) in [6.07, 6.45) is -1.40. The average Bonchev–Trinajstić information content (AvgIpc) is 2.97. The number of piperidine rings is 1. The second-order valence-electron chi connectivity index (χ2n) is 7.27. The first-order valence-electron chi connectivity index (χ1n) is 9.56. The number of halogens is 4. The van der Waals surface area contributed by atoms with Crippen molar-refractivity contribution in [1.82, 2.24) is 24.7 Å². The van der Waals surface area contributed by atoms with Gasteiger partial charge in [-0.3, -0.25) is 9.59 Å². The van der Waals surface area contributed by atoms with Gasteiger partial charge in [0, 0.05) is 52.0 Å². The molecular weight excluding hydrogens is 411 g/mol. The normalized spacial score (nSPS) is 15.8. The van der Waals surface area contributed by atoms with E-state index in [0.29, 0.717) is 25.7 Å². The summed E-state index contributed by atoms with van der Waals surface area (Å²) in [5, 5.41) is 2.67. The Morgan fingerprint density at radius 1 is 1.34 bits per heavy atom. The standard InChI is InChI=1S/C18H27ClF3N5O2/c1-13(28)23-7-10-25(2)14-5-8-26(9-6-14)17(29)4-3-16-24-11-15(19)27(16)12-18(20,21)22/h11,14H,3-10,12H2,1-2H3,(H,23,28). The minimum atomic E-state index is -4.41. The number of nitrogens with one attached hydrogen (secondary N) is 1. The number of carbonyl (C=O) groups excluding carboxylic acids is 2. The van der Waals surface area contributed by atoms with Crippen LogP contribution in [0.1, 0.15) is 32.0 Å². The zero-order chi connectivity index (χ0) is 21.6. The molecule has 0 unspecified atom stereocenters. The van der Waals surface area contributed by atoms with Crippen molar-refractivity contribution < 1.29 is 22.8 Å². The first kappa shape index (κ1) is 23.5. The minimum Gasteiger partial charge on any atom is -0.355 e. The van der Waals surface area contributed by atoms with Gasteiger partial charge in [-0.2, -0.15) is 13.2 Å². The van der Waals surface area contributed by atoms with Crippen LogP contribution in [0.5, 0.6) is 0 Å². The number of hydrogen-bond donors (Lipinski definition) is 1. The molecule has 0 atom stereocenters. The van der Waals surface area contributed by atoms with Gasteiger partial charge in [-0.05, 0) is 19.9 Å². The lowest BCUT2D eigenvalue weighted by molar-refractivity contribution is -0.141. The molecule has 1 aliphatic heterocycles. The van der Waals surface area contributed by atoms with Crippen LogP contribution >= 0.6 is 11.6 Å². The lowest BCUT2D eigenvalue weighted by atomic mass is 10.0. The summed E-state index contributed by atoms with van der Waals surface area (Å²) in [6, 6.07) is 0.331. The molecule has 1 aromatic heterocycles. The summed E-state index contributed by atoms with van der Waals surface area (Å²) >= 11 is 5.79. The zero-order valence-electron chi connectivity index (χ0n) is 16.6. The zero-order valence-corrected chi connectivity index (χ0v) is 17.4. The summed E-state index contributed by atoms with van der Waals surface area (Å²) < 4.78 is 38.9. The molecule has 1 N–H and O–H groups in total. The summed E-state index contributed by atoms with van der Waals surface area (Å²) in [5.41, 5.74) is 0. The third-order valence-corrected chi connectivity index (χ3v) is 5.37. The molecule has 2 amide bonds. The second-order valence-corrected chi connectivity index (χ2v) is 7.66. The Hall–Kier alpha value is -1.81. The molecule has 1 aliphatic rings. The number of aromatic nitrogens is 2. The Morgan fingerprint density at radius 3 is 2.59 bits per heavy atom. The van der Waals surface area contributed by atoms with Crippen molar-refractivity contribution in [3.8, 4) is 0 Å². The van der Waals surface area contributed by atoms with Gasteiger partial charge in [0.1, 0.15) is 17.5 Å². The summed E-state index contributed by atoms with van der Waals surface area (Å²) in [4.78, 5) is 31.2. The maximum atomic E-state index is 12.7. The molecule has 7 nitrogen and oxygen atoms in total. The van der Waals surface area contributed by atoms with Crippen LogP contribution in [-0.4, -0.2) is 76.6 Å². The van der Waals surface area contributed by atoms with Crippen LogP contribution in [0, 0.1) is 0 Å². The minimum absolute atomic E-state index is 0.0593. The van der Waals surface area contributed by atoms with Gasteiger partial charge >= 0.3 is 6.18 Å². The molecule has 0 bridgehead atoms. The molecule has 0 aromatic carbocycles. The first-order valence-corrected chi connectivity index (χ1v) is 9.93. The Labute approximate surface area is 173 Å². The summed E-state index contributed by atoms with van der Waals surface area (Å²) in [6.45, 7) is 2.79. The Balaban J connectivity index is 1.78. The van der Waals surface area contributed by atoms with Gasteiger partial charge in [0.2, 0.25) is 11.8 Å². The molecule has 2 heterocycles. The fourth-order valence-corrected chi connectivity index (χ4v) is 3.67. The highest BCUT2D eigenvalue weighted by Gasteiger charge is 2.30. The van der Waals surface area contributed by atoms with Crippen LogP contribution in [-0.2, 0) is 22.6 Å². The van der Waals surface area contributed by atoms with Crippen LogP contribution in [0.25, 0.3) is 0 Å². The number of hydrogen-bond acceptors (Lipinski definition) is 4. The number of likely N-dealkylation sites (tertiary alicyclic amines) is 1. The number of carbonyl (C=O) groups is 2. The van der Waals surface area contributed by atoms with Crippen molar-refractivity contribution in [3.05, 3.63) is 17.2 Å². The second kappa shape index (κ2) is 10.3. The maximum absolute atomic E-state index is 12.7. The van der Waals surface area contributed by atoms with E-state index in [0.717, 1.165) is 24.0 Å². The van der Waals surface area contributed by atoms with Crippen molar-refractivity contribution in [3.63, 3.8) is 0 Å². The number of imidazole rings is 1. The van der Waals surface area contributed by atoms with E-state index in [2.05, 4.69) is 15.2 Å². The SMILES string of the molecule is CC(=O)NCCN(C)C1CCN(C(=O)CCc2ncc(Cl)n2CC(F)(F)F)CC1. The van der Waals surface area contributed by atoms with Gasteiger partial charge in [-0.1, -0.05) is 11.6 Å². The van der Waals surface area contributed by atoms with Gasteiger partial charge in [0.15, 0.2) is 0 Å². The van der Waals surface area contributed by atoms with E-state index in [9.17, 15) is 22.8 Å². The first-order chi connectivity index (χ1) is 13.6. The predicted octanol–water partition coefficient (Wildman–Crippen LogP) is 2.09. The lowest BCUT2D eigenvalue weighted by Gasteiger charge is -2.36. The van der Waals surface area contributed by atoms with E-state index in [-0.39, 0.29) is 35.6 Å². The molecule has 11 heteroatoms. The van der Waals surface area contributed by atoms with E-state index in [1.165, 1.54) is 13.1 Å². The topological polar surface area (TPSA) is 70.5 Å². The third-order valence-electron chi connectivity index (χ3n) is 5.07. The van der Waals surface area contributed by atoms with E-state index in [4.69, 9.17) is 11.6 Å². The Morgan fingerprint density at radius 2 is 2.00 bits per heavy atom. The number of likely N-dealkylation sites (N-methyl/N-ethyl adjacent to an activating group) is 1. The van der Waals surface area contributed by atoms with Crippen LogP contribution in [0.2, 0.25) is 5.15 Å². The quantitative estimate of drug-likeness (QED) is 0.676. The van der Waals surface area contributed by atoms with Gasteiger partial charge < -0.3 is 19.7 Å². The largest absolute Gasteiger partial charge is 0.406 e. The Bertz CT molecular complexity index is 702. The molecule has 1 aromatic rings. The van der Waals surface area contributed by atoms with Gasteiger partial charge in [-0.15, -0.1) is 0 Å². The number of alkyl halides is 3. The predicted molar refractivity (Wildman–Crippen MR) is 103 cm³/mol. The molecule has 164 valence electrons. The van der Waals surface area contributed by atoms with Crippen LogP contribution in [0.4, 0.5) is 13.2 Å². The van der Waals surface area contributed by atoms with Gasteiger partial charge in [0.25, 0.3) is 0 Å². The molecule has 1 saturated heterocycles. The number of aryl methyl sites for hydroxylation is 1. The average molecular weight is 438 g/mol. The fraction of sp³-hybridized carbons (Fsp3) is 0.722. The number of nitrogens with zero attached hydrogens (tertiary/aromatic N) is 4. The fourth-order valence-electron chi connectivity index (χ4n) is 3.46. The van der Waals surface area contributed by atoms with Crippen molar-refractivity contribution >= 4 is 23.4 Å². The number of rotatable bonds is 8. The van der Waals surface area contributed by atoms with Crippen molar-refractivity contribution in [2.75, 3.05) is 33.2 Å². The molecule has 2 rings (SSSR count). The van der Waals surface area contributed by atoms with Crippen LogP contribution in [0.3, 0.4) is 0 Å². The van der Waals surface area contributed by atoms with E-state index in [1.807, 2.05) is 7.05 Å². The van der Waals surface area contributed by atoms with E-state index >= 15 is 0 Å². The van der Waals surface area contributed by atoms with Gasteiger partial charge in [-0.25, -0.2) is 4.98 Å². The lowest BCUT2D eigenvalue weighted by Crippen LogP contribution is -2.47. The Kier molecular flexibility index (Phi) is 8.33. The molecule has 0 saturated carbocycles. The highest BCUT2D eigenvalue weighted by Crippen LogP contribution is 2.23. The molecule has 29 heavy (non-hydrogen) atoms. The van der Waals surface area contributed by atoms with Crippen molar-refractivity contribution in [1.29, 1.82) is 0 Å². The molecular formula is C18H27ClF3N5O2. The van der Waals surface area contributed by atoms with Crippen LogP contribution in [0.15, 0.2) is 6.20 Å². The van der Waals surface area contributed by atoms with E-state index < -0.39 is 12.7 Å². The summed E-state index contributed by atoms with van der Waals surface area (Å²) in [7, 11) is 1.99.